The van der Waals surface area contributed by atoms with Crippen LogP contribution in [0.15, 0.2) is 24.3 Å². The highest BCUT2D eigenvalue weighted by molar-refractivity contribution is 6.00. The second-order valence-electron chi connectivity index (χ2n) is 5.45. The van der Waals surface area contributed by atoms with Gasteiger partial charge in [0.15, 0.2) is 0 Å². The topological polar surface area (TPSA) is 86.7 Å². The number of rotatable bonds is 6. The minimum atomic E-state index is -0.958. The predicted octanol–water partition coefficient (Wildman–Crippen LogP) is 2.25. The number of benzene rings is 1. The van der Waals surface area contributed by atoms with Crippen molar-refractivity contribution in [3.8, 4) is 0 Å². The van der Waals surface area contributed by atoms with E-state index < -0.39 is 11.9 Å². The molecule has 6 nitrogen and oxygen atoms in total. The molecule has 1 heterocycles. The van der Waals surface area contributed by atoms with Crippen molar-refractivity contribution in [2.75, 3.05) is 16.8 Å². The molecule has 2 rings (SSSR count). The zero-order valence-electron chi connectivity index (χ0n) is 12.5. The monoisotopic (exact) mass is 304 g/mol. The fraction of sp³-hybridized carbons (Fsp3) is 0.438. The van der Waals surface area contributed by atoms with E-state index in [2.05, 4.69) is 5.32 Å². The molecule has 0 bridgehead atoms. The van der Waals surface area contributed by atoms with Crippen LogP contribution in [-0.2, 0) is 14.4 Å². The van der Waals surface area contributed by atoms with E-state index in [9.17, 15) is 14.4 Å². The Kier molecular flexibility index (Phi) is 5.14. The molecule has 1 aliphatic heterocycles. The molecule has 1 atom stereocenters. The number of hydrogen-bond donors (Lipinski definition) is 2. The highest BCUT2D eigenvalue weighted by Gasteiger charge is 2.35. The average Bonchev–Trinajstić information content (AvgIpc) is 2.87. The first-order valence-corrected chi connectivity index (χ1v) is 7.44. The van der Waals surface area contributed by atoms with Gasteiger partial charge in [0.25, 0.3) is 0 Å². The lowest BCUT2D eigenvalue weighted by Crippen LogP contribution is -2.25. The molecule has 1 aliphatic rings. The highest BCUT2D eigenvalue weighted by Crippen LogP contribution is 2.27. The Morgan fingerprint density at radius 1 is 1.41 bits per heavy atom. The van der Waals surface area contributed by atoms with E-state index >= 15 is 0 Å². The molecule has 0 spiro atoms. The number of amides is 2. The summed E-state index contributed by atoms with van der Waals surface area (Å²) in [5.74, 6) is -1.90. The first-order chi connectivity index (χ1) is 10.5. The summed E-state index contributed by atoms with van der Waals surface area (Å²) in [6, 6.07) is 6.94. The summed E-state index contributed by atoms with van der Waals surface area (Å²) in [7, 11) is 0. The largest absolute Gasteiger partial charge is 0.481 e. The standard InChI is InChI=1S/C16H20N2O4/c1-2-3-7-14(19)17-12-5-4-6-13(9-12)18-10-11(16(21)22)8-15(18)20/h4-6,9,11H,2-3,7-8,10H2,1H3,(H,17,19)(H,21,22)/t11-/m1/s1. The zero-order chi connectivity index (χ0) is 16.1. The molecule has 1 saturated heterocycles. The fourth-order valence-electron chi connectivity index (χ4n) is 2.43. The molecule has 6 heteroatoms. The first-order valence-electron chi connectivity index (χ1n) is 7.44. The Hall–Kier alpha value is -2.37. The highest BCUT2D eigenvalue weighted by atomic mass is 16.4. The molecule has 0 aliphatic carbocycles. The lowest BCUT2D eigenvalue weighted by molar-refractivity contribution is -0.141. The Morgan fingerprint density at radius 2 is 2.18 bits per heavy atom. The van der Waals surface area contributed by atoms with Gasteiger partial charge in [0.1, 0.15) is 0 Å². The van der Waals surface area contributed by atoms with E-state index in [-0.39, 0.29) is 24.8 Å². The number of unbranched alkanes of at least 4 members (excludes halogenated alkanes) is 1. The smallest absolute Gasteiger partial charge is 0.308 e. The Labute approximate surface area is 129 Å². The van der Waals surface area contributed by atoms with Crippen LogP contribution in [0.4, 0.5) is 11.4 Å². The van der Waals surface area contributed by atoms with Crippen LogP contribution in [0, 0.1) is 5.92 Å². The third kappa shape index (κ3) is 3.84. The van der Waals surface area contributed by atoms with Gasteiger partial charge < -0.3 is 15.3 Å². The summed E-state index contributed by atoms with van der Waals surface area (Å²) < 4.78 is 0. The maximum absolute atomic E-state index is 11.9. The molecule has 1 fully saturated rings. The van der Waals surface area contributed by atoms with Crippen molar-refractivity contribution in [1.29, 1.82) is 0 Å². The molecule has 0 unspecified atom stereocenters. The van der Waals surface area contributed by atoms with Gasteiger partial charge in [0.2, 0.25) is 11.8 Å². The second kappa shape index (κ2) is 7.06. The molecular formula is C16H20N2O4. The van der Waals surface area contributed by atoms with Crippen molar-refractivity contribution in [3.05, 3.63) is 24.3 Å². The second-order valence-corrected chi connectivity index (χ2v) is 5.45. The quantitative estimate of drug-likeness (QED) is 0.844. The number of carboxylic acids is 1. The molecule has 0 radical (unpaired) electrons. The van der Waals surface area contributed by atoms with Gasteiger partial charge in [-0.25, -0.2) is 0 Å². The van der Waals surface area contributed by atoms with Crippen LogP contribution >= 0.6 is 0 Å². The van der Waals surface area contributed by atoms with Gasteiger partial charge in [0, 0.05) is 30.8 Å². The van der Waals surface area contributed by atoms with Gasteiger partial charge in [-0.3, -0.25) is 14.4 Å². The number of hydrogen-bond acceptors (Lipinski definition) is 3. The molecular weight excluding hydrogens is 284 g/mol. The van der Waals surface area contributed by atoms with Gasteiger partial charge in [-0.15, -0.1) is 0 Å². The molecule has 0 aromatic heterocycles. The molecule has 1 aromatic carbocycles. The summed E-state index contributed by atoms with van der Waals surface area (Å²) in [6.07, 6.45) is 2.26. The first kappa shape index (κ1) is 16.0. The van der Waals surface area contributed by atoms with Crippen LogP contribution < -0.4 is 10.2 Å². The minimum absolute atomic E-state index is 0.0163. The Bertz CT molecular complexity index is 585. The van der Waals surface area contributed by atoms with Gasteiger partial charge in [-0.1, -0.05) is 19.4 Å². The third-order valence-corrected chi connectivity index (χ3v) is 3.67. The van der Waals surface area contributed by atoms with E-state index in [0.29, 0.717) is 17.8 Å². The van der Waals surface area contributed by atoms with Crippen LogP contribution in [0.5, 0.6) is 0 Å². The molecule has 22 heavy (non-hydrogen) atoms. The summed E-state index contributed by atoms with van der Waals surface area (Å²) in [5, 5.41) is 11.8. The fourth-order valence-corrected chi connectivity index (χ4v) is 2.43. The molecule has 2 N–H and O–H groups in total. The van der Waals surface area contributed by atoms with Gasteiger partial charge in [-0.05, 0) is 24.6 Å². The number of carbonyl (C=O) groups is 3. The van der Waals surface area contributed by atoms with Gasteiger partial charge in [-0.2, -0.15) is 0 Å². The summed E-state index contributed by atoms with van der Waals surface area (Å²) >= 11 is 0. The van der Waals surface area contributed by atoms with E-state index in [0.717, 1.165) is 12.8 Å². The Balaban J connectivity index is 2.07. The summed E-state index contributed by atoms with van der Waals surface area (Å²) in [6.45, 7) is 2.19. The van der Waals surface area contributed by atoms with Crippen molar-refractivity contribution >= 4 is 29.2 Å². The van der Waals surface area contributed by atoms with Crippen molar-refractivity contribution in [2.24, 2.45) is 5.92 Å². The molecule has 118 valence electrons. The van der Waals surface area contributed by atoms with Crippen LogP contribution in [0.3, 0.4) is 0 Å². The van der Waals surface area contributed by atoms with E-state index in [1.165, 1.54) is 4.90 Å². The minimum Gasteiger partial charge on any atom is -0.481 e. The van der Waals surface area contributed by atoms with E-state index in [1.807, 2.05) is 6.92 Å². The predicted molar refractivity (Wildman–Crippen MR) is 82.7 cm³/mol. The average molecular weight is 304 g/mol. The van der Waals surface area contributed by atoms with Crippen LogP contribution in [0.1, 0.15) is 32.6 Å². The lowest BCUT2D eigenvalue weighted by atomic mass is 10.1. The van der Waals surface area contributed by atoms with E-state index in [1.54, 1.807) is 24.3 Å². The number of nitrogens with zero attached hydrogens (tertiary/aromatic N) is 1. The van der Waals surface area contributed by atoms with Crippen LogP contribution in [0.2, 0.25) is 0 Å². The van der Waals surface area contributed by atoms with Crippen molar-refractivity contribution in [2.45, 2.75) is 32.6 Å². The van der Waals surface area contributed by atoms with E-state index in [4.69, 9.17) is 5.11 Å². The molecule has 0 saturated carbocycles. The number of anilines is 2. The third-order valence-electron chi connectivity index (χ3n) is 3.67. The van der Waals surface area contributed by atoms with Gasteiger partial charge in [0.05, 0.1) is 5.92 Å². The van der Waals surface area contributed by atoms with Crippen molar-refractivity contribution in [1.82, 2.24) is 0 Å². The molecule has 1 aromatic rings. The van der Waals surface area contributed by atoms with Gasteiger partial charge >= 0.3 is 5.97 Å². The van der Waals surface area contributed by atoms with Crippen LogP contribution in [-0.4, -0.2) is 29.4 Å². The van der Waals surface area contributed by atoms with Crippen LogP contribution in [0.25, 0.3) is 0 Å². The lowest BCUT2D eigenvalue weighted by Gasteiger charge is -2.17. The zero-order valence-corrected chi connectivity index (χ0v) is 12.5. The Morgan fingerprint density at radius 3 is 2.82 bits per heavy atom. The normalized spacial score (nSPS) is 17.6. The number of carbonyl (C=O) groups excluding carboxylic acids is 2. The SMILES string of the molecule is CCCCC(=O)Nc1cccc(N2C[C@H](C(=O)O)CC2=O)c1. The molecule has 2 amide bonds. The summed E-state index contributed by atoms with van der Waals surface area (Å²) in [4.78, 5) is 36.1. The number of aliphatic carboxylic acids is 1. The number of nitrogens with one attached hydrogen (secondary N) is 1. The summed E-state index contributed by atoms with van der Waals surface area (Å²) in [5.41, 5.74) is 1.23. The van der Waals surface area contributed by atoms with Crippen molar-refractivity contribution in [3.63, 3.8) is 0 Å². The maximum atomic E-state index is 11.9. The maximum Gasteiger partial charge on any atom is 0.308 e. The number of carboxylic acid groups (broad SMARTS) is 1. The van der Waals surface area contributed by atoms with Crippen molar-refractivity contribution < 1.29 is 19.5 Å².